The van der Waals surface area contributed by atoms with Gasteiger partial charge in [-0.2, -0.15) is 5.10 Å². The lowest BCUT2D eigenvalue weighted by Crippen LogP contribution is -2.32. The predicted molar refractivity (Wildman–Crippen MR) is 76.1 cm³/mol. The minimum absolute atomic E-state index is 0.699. The highest BCUT2D eigenvalue weighted by atomic mass is 15.2. The summed E-state index contributed by atoms with van der Waals surface area (Å²) in [5.41, 5.74) is 1.24. The van der Waals surface area contributed by atoms with Gasteiger partial charge in [0.2, 0.25) is 0 Å². The molecule has 1 N–H and O–H groups in total. The van der Waals surface area contributed by atoms with Crippen LogP contribution in [-0.4, -0.2) is 15.8 Å². The van der Waals surface area contributed by atoms with Gasteiger partial charge in [-0.25, -0.2) is 4.68 Å². The molecule has 0 bridgehead atoms. The molecule has 0 saturated heterocycles. The molecule has 1 fully saturated rings. The van der Waals surface area contributed by atoms with Crippen molar-refractivity contribution in [3.8, 4) is 0 Å². The highest BCUT2D eigenvalue weighted by molar-refractivity contribution is 5.17. The molecule has 3 nitrogen and oxygen atoms in total. The Labute approximate surface area is 110 Å². The fraction of sp³-hybridized carbons (Fsp3) is 0.667. The van der Waals surface area contributed by atoms with Crippen molar-refractivity contribution in [1.29, 1.82) is 0 Å². The molecule has 0 amide bonds. The highest BCUT2D eigenvalue weighted by Gasteiger charge is 2.19. The van der Waals surface area contributed by atoms with Crippen molar-refractivity contribution in [2.24, 2.45) is 5.92 Å². The third-order valence-electron chi connectivity index (χ3n) is 3.98. The van der Waals surface area contributed by atoms with Crippen LogP contribution < -0.4 is 5.32 Å². The lowest BCUT2D eigenvalue weighted by Gasteiger charge is -2.28. The first-order valence-corrected chi connectivity index (χ1v) is 7.20. The first kappa shape index (κ1) is 13.3. The van der Waals surface area contributed by atoms with E-state index in [1.165, 1.54) is 44.1 Å². The topological polar surface area (TPSA) is 29.9 Å². The number of aromatic nitrogens is 2. The van der Waals surface area contributed by atoms with E-state index in [0.717, 1.165) is 12.5 Å². The van der Waals surface area contributed by atoms with Gasteiger partial charge in [0.25, 0.3) is 0 Å². The molecule has 3 heteroatoms. The molecule has 2 rings (SSSR count). The van der Waals surface area contributed by atoms with E-state index >= 15 is 0 Å². The molecule has 0 aliphatic heterocycles. The predicted octanol–water partition coefficient (Wildman–Crippen LogP) is 3.43. The lowest BCUT2D eigenvalue weighted by molar-refractivity contribution is 0.277. The summed E-state index contributed by atoms with van der Waals surface area (Å²) in [6.45, 7) is 6.92. The Morgan fingerprint density at radius 1 is 1.44 bits per heavy atom. The Kier molecular flexibility index (Phi) is 5.00. The van der Waals surface area contributed by atoms with E-state index in [2.05, 4.69) is 23.9 Å². The summed E-state index contributed by atoms with van der Waals surface area (Å²) in [5.74, 6) is 0.983. The van der Waals surface area contributed by atoms with Crippen molar-refractivity contribution in [1.82, 2.24) is 15.1 Å². The van der Waals surface area contributed by atoms with Crippen LogP contribution in [0.15, 0.2) is 19.0 Å². The largest absolute Gasteiger partial charge is 0.310 e. The summed E-state index contributed by atoms with van der Waals surface area (Å²) in [5, 5.41) is 7.84. The highest BCUT2D eigenvalue weighted by Crippen LogP contribution is 2.27. The van der Waals surface area contributed by atoms with E-state index in [9.17, 15) is 0 Å². The van der Waals surface area contributed by atoms with Gasteiger partial charge in [-0.15, -0.1) is 0 Å². The van der Waals surface area contributed by atoms with Crippen molar-refractivity contribution >= 4 is 6.20 Å². The molecule has 0 atom stereocenters. The number of rotatable bonds is 6. The normalized spacial score (nSPS) is 24.1. The van der Waals surface area contributed by atoms with Gasteiger partial charge in [-0.05, 0) is 31.6 Å². The van der Waals surface area contributed by atoms with Crippen LogP contribution in [0.25, 0.3) is 6.20 Å². The van der Waals surface area contributed by atoms with Gasteiger partial charge < -0.3 is 5.32 Å². The molecule has 100 valence electrons. The standard InChI is InChI=1S/C15H25N3/c1-3-5-13-6-8-15(9-7-13)16-10-14-11-17-18(4-2)12-14/h4,11-13,15-16H,2-3,5-10H2,1H3. The van der Waals surface area contributed by atoms with Gasteiger partial charge in [0.15, 0.2) is 0 Å². The maximum atomic E-state index is 4.19. The van der Waals surface area contributed by atoms with Gasteiger partial charge in [-0.1, -0.05) is 26.3 Å². The molecule has 1 aromatic heterocycles. The van der Waals surface area contributed by atoms with Crippen molar-refractivity contribution < 1.29 is 0 Å². The van der Waals surface area contributed by atoms with Crippen LogP contribution in [0.1, 0.15) is 51.0 Å². The first-order chi connectivity index (χ1) is 8.81. The monoisotopic (exact) mass is 247 g/mol. The zero-order chi connectivity index (χ0) is 12.8. The Morgan fingerprint density at radius 3 is 2.83 bits per heavy atom. The summed E-state index contributed by atoms with van der Waals surface area (Å²) >= 11 is 0. The van der Waals surface area contributed by atoms with Gasteiger partial charge in [0.1, 0.15) is 0 Å². The van der Waals surface area contributed by atoms with Crippen LogP contribution in [0.3, 0.4) is 0 Å². The zero-order valence-electron chi connectivity index (χ0n) is 11.4. The smallest absolute Gasteiger partial charge is 0.0538 e. The van der Waals surface area contributed by atoms with Crippen molar-refractivity contribution in [2.75, 3.05) is 0 Å². The van der Waals surface area contributed by atoms with E-state index in [1.54, 1.807) is 10.9 Å². The molecular weight excluding hydrogens is 222 g/mol. The summed E-state index contributed by atoms with van der Waals surface area (Å²) in [6, 6.07) is 0.699. The molecular formula is C15H25N3. The van der Waals surface area contributed by atoms with Crippen molar-refractivity contribution in [3.63, 3.8) is 0 Å². The van der Waals surface area contributed by atoms with Gasteiger partial charge in [0.05, 0.1) is 6.20 Å². The van der Waals surface area contributed by atoms with Crippen LogP contribution in [0.5, 0.6) is 0 Å². The lowest BCUT2D eigenvalue weighted by atomic mass is 9.83. The Balaban J connectivity index is 1.70. The summed E-state index contributed by atoms with van der Waals surface area (Å²) in [6.07, 6.45) is 13.9. The Hall–Kier alpha value is -1.09. The van der Waals surface area contributed by atoms with Crippen LogP contribution in [0.4, 0.5) is 0 Å². The minimum Gasteiger partial charge on any atom is -0.310 e. The second-order valence-electron chi connectivity index (χ2n) is 5.40. The number of hydrogen-bond donors (Lipinski definition) is 1. The Morgan fingerprint density at radius 2 is 2.22 bits per heavy atom. The molecule has 18 heavy (non-hydrogen) atoms. The van der Waals surface area contributed by atoms with Crippen LogP contribution in [-0.2, 0) is 6.54 Å². The van der Waals surface area contributed by atoms with E-state index in [1.807, 2.05) is 12.4 Å². The molecule has 0 radical (unpaired) electrons. The fourth-order valence-electron chi connectivity index (χ4n) is 2.89. The van der Waals surface area contributed by atoms with E-state index in [-0.39, 0.29) is 0 Å². The second-order valence-corrected chi connectivity index (χ2v) is 5.40. The molecule has 0 aromatic carbocycles. The molecule has 1 aliphatic carbocycles. The molecule has 1 aliphatic rings. The van der Waals surface area contributed by atoms with Crippen molar-refractivity contribution in [3.05, 3.63) is 24.5 Å². The van der Waals surface area contributed by atoms with Gasteiger partial charge in [0, 0.05) is 30.5 Å². The SMILES string of the molecule is C=Cn1cc(CNC2CCC(CCC)CC2)cn1. The maximum Gasteiger partial charge on any atom is 0.0538 e. The number of nitrogens with one attached hydrogen (secondary N) is 1. The van der Waals surface area contributed by atoms with Crippen molar-refractivity contribution in [2.45, 2.75) is 58.0 Å². The van der Waals surface area contributed by atoms with E-state index in [0.29, 0.717) is 6.04 Å². The molecule has 0 unspecified atom stereocenters. The third-order valence-corrected chi connectivity index (χ3v) is 3.98. The first-order valence-electron chi connectivity index (χ1n) is 7.20. The molecule has 0 spiro atoms. The van der Waals surface area contributed by atoms with Gasteiger partial charge >= 0.3 is 0 Å². The summed E-state index contributed by atoms with van der Waals surface area (Å²) < 4.78 is 1.76. The number of hydrogen-bond acceptors (Lipinski definition) is 2. The average molecular weight is 247 g/mol. The average Bonchev–Trinajstić information content (AvgIpc) is 2.86. The van der Waals surface area contributed by atoms with Crippen LogP contribution in [0.2, 0.25) is 0 Å². The zero-order valence-corrected chi connectivity index (χ0v) is 11.4. The van der Waals surface area contributed by atoms with Crippen LogP contribution >= 0.6 is 0 Å². The van der Waals surface area contributed by atoms with Gasteiger partial charge in [-0.3, -0.25) is 0 Å². The molecule has 1 saturated carbocycles. The maximum absolute atomic E-state index is 4.19. The fourth-order valence-corrected chi connectivity index (χ4v) is 2.89. The quantitative estimate of drug-likeness (QED) is 0.834. The number of nitrogens with zero attached hydrogens (tertiary/aromatic N) is 2. The third kappa shape index (κ3) is 3.70. The summed E-state index contributed by atoms with van der Waals surface area (Å²) in [4.78, 5) is 0. The van der Waals surface area contributed by atoms with Crippen LogP contribution in [0, 0.1) is 5.92 Å². The molecule has 1 aromatic rings. The Bertz CT molecular complexity index is 362. The summed E-state index contributed by atoms with van der Waals surface area (Å²) in [7, 11) is 0. The minimum atomic E-state index is 0.699. The molecule has 1 heterocycles. The van der Waals surface area contributed by atoms with E-state index < -0.39 is 0 Å². The second kappa shape index (κ2) is 6.74. The van der Waals surface area contributed by atoms with E-state index in [4.69, 9.17) is 0 Å².